The monoisotopic (exact) mass is 298 g/mol. The lowest BCUT2D eigenvalue weighted by molar-refractivity contribution is 0.0154. The number of anilines is 1. The van der Waals surface area contributed by atoms with Crippen molar-refractivity contribution in [3.8, 4) is 0 Å². The van der Waals surface area contributed by atoms with Crippen LogP contribution in [0.1, 0.15) is 45.0 Å². The summed E-state index contributed by atoms with van der Waals surface area (Å²) < 4.78 is 11.3. The Morgan fingerprint density at radius 3 is 2.86 bits per heavy atom. The number of nitrogens with one attached hydrogen (secondary N) is 1. The quantitative estimate of drug-likeness (QED) is 0.743. The van der Waals surface area contributed by atoms with E-state index in [1.165, 1.54) is 0 Å². The maximum absolute atomic E-state index is 8.77. The molecule has 1 fully saturated rings. The fourth-order valence-electron chi connectivity index (χ4n) is 2.41. The van der Waals surface area contributed by atoms with E-state index in [1.54, 1.807) is 0 Å². The second-order valence-corrected chi connectivity index (χ2v) is 5.38. The summed E-state index contributed by atoms with van der Waals surface area (Å²) in [6.07, 6.45) is 3.14. The molecule has 1 aromatic heterocycles. The molecule has 2 rings (SSSR count). The Hall–Kier alpha value is -1.18. The first kappa shape index (κ1) is 16.2. The summed E-state index contributed by atoms with van der Waals surface area (Å²) in [5, 5.41) is 20.4. The maximum Gasteiger partial charge on any atom is 0.318 e. The van der Waals surface area contributed by atoms with Gasteiger partial charge in [-0.2, -0.15) is 0 Å². The number of aliphatic hydroxyl groups is 1. The van der Waals surface area contributed by atoms with Gasteiger partial charge in [-0.3, -0.25) is 0 Å². The molecular weight excluding hydrogens is 272 g/mol. The minimum absolute atomic E-state index is 0.0792. The van der Waals surface area contributed by atoms with E-state index in [-0.39, 0.29) is 18.8 Å². The van der Waals surface area contributed by atoms with Crippen LogP contribution in [0.5, 0.6) is 0 Å². The molecule has 1 aliphatic heterocycles. The molecule has 120 valence electrons. The molecule has 1 unspecified atom stereocenters. The number of hydrogen-bond donors (Lipinski definition) is 2. The van der Waals surface area contributed by atoms with Crippen LogP contribution >= 0.6 is 0 Å². The van der Waals surface area contributed by atoms with Gasteiger partial charge in [-0.1, -0.05) is 12.0 Å². The van der Waals surface area contributed by atoms with Crippen LogP contribution in [-0.4, -0.2) is 54.3 Å². The highest BCUT2D eigenvalue weighted by Gasteiger charge is 2.24. The number of hydrogen-bond acceptors (Lipinski definition) is 7. The molecule has 0 amide bonds. The van der Waals surface area contributed by atoms with Gasteiger partial charge in [0.05, 0.1) is 25.4 Å². The van der Waals surface area contributed by atoms with E-state index in [9.17, 15) is 0 Å². The average Bonchev–Trinajstić information content (AvgIpc) is 3.01. The number of piperidine rings is 1. The summed E-state index contributed by atoms with van der Waals surface area (Å²) in [6.45, 7) is 7.27. The lowest BCUT2D eigenvalue weighted by Gasteiger charge is -2.30. The lowest BCUT2D eigenvalue weighted by atomic mass is 10.1. The van der Waals surface area contributed by atoms with Crippen molar-refractivity contribution in [2.75, 3.05) is 37.7 Å². The van der Waals surface area contributed by atoms with Crippen molar-refractivity contribution in [1.82, 2.24) is 15.5 Å². The van der Waals surface area contributed by atoms with Gasteiger partial charge in [0.1, 0.15) is 0 Å². The average molecular weight is 298 g/mol. The van der Waals surface area contributed by atoms with E-state index in [4.69, 9.17) is 14.3 Å². The minimum atomic E-state index is 0.0792. The predicted molar refractivity (Wildman–Crippen MR) is 79.3 cm³/mol. The zero-order chi connectivity index (χ0) is 15.1. The van der Waals surface area contributed by atoms with Gasteiger partial charge < -0.3 is 24.5 Å². The highest BCUT2D eigenvalue weighted by molar-refractivity contribution is 5.25. The van der Waals surface area contributed by atoms with E-state index >= 15 is 0 Å². The summed E-state index contributed by atoms with van der Waals surface area (Å²) in [4.78, 5) is 2.10. The second kappa shape index (κ2) is 8.31. The minimum Gasteiger partial charge on any atom is -0.406 e. The van der Waals surface area contributed by atoms with E-state index in [0.717, 1.165) is 38.9 Å². The Labute approximate surface area is 125 Å². The third kappa shape index (κ3) is 4.66. The highest BCUT2D eigenvalue weighted by Crippen LogP contribution is 2.22. The first-order valence-electron chi connectivity index (χ1n) is 7.78. The van der Waals surface area contributed by atoms with Crippen molar-refractivity contribution in [3.05, 3.63) is 5.89 Å². The highest BCUT2D eigenvalue weighted by atomic mass is 16.5. The topological polar surface area (TPSA) is 83.7 Å². The van der Waals surface area contributed by atoms with Gasteiger partial charge >= 0.3 is 6.01 Å². The lowest BCUT2D eigenvalue weighted by Crippen LogP contribution is -2.37. The molecule has 0 spiro atoms. The number of aliphatic hydroxyl groups excluding tert-OH is 1. The smallest absolute Gasteiger partial charge is 0.318 e. The fraction of sp³-hybridized carbons (Fsp3) is 0.857. The van der Waals surface area contributed by atoms with Crippen LogP contribution in [0.15, 0.2) is 4.42 Å². The van der Waals surface area contributed by atoms with Crippen LogP contribution < -0.4 is 10.2 Å². The molecule has 2 N–H and O–H groups in total. The summed E-state index contributed by atoms with van der Waals surface area (Å²) in [5.74, 6) is 0.636. The van der Waals surface area contributed by atoms with Crippen molar-refractivity contribution in [1.29, 1.82) is 0 Å². The first-order chi connectivity index (χ1) is 10.2. The van der Waals surface area contributed by atoms with Crippen LogP contribution in [0.4, 0.5) is 6.01 Å². The maximum atomic E-state index is 8.77. The van der Waals surface area contributed by atoms with E-state index in [1.807, 2.05) is 6.92 Å². The number of nitrogens with zero attached hydrogens (tertiary/aromatic N) is 3. The van der Waals surface area contributed by atoms with Crippen LogP contribution in [0.2, 0.25) is 0 Å². The van der Waals surface area contributed by atoms with Gasteiger partial charge in [0.25, 0.3) is 0 Å². The molecule has 1 saturated heterocycles. The zero-order valence-corrected chi connectivity index (χ0v) is 12.9. The molecule has 0 saturated carbocycles. The molecule has 0 aliphatic carbocycles. The molecule has 1 atom stereocenters. The second-order valence-electron chi connectivity index (χ2n) is 5.38. The van der Waals surface area contributed by atoms with Crippen LogP contribution in [0.3, 0.4) is 0 Å². The van der Waals surface area contributed by atoms with E-state index in [0.29, 0.717) is 18.5 Å². The summed E-state index contributed by atoms with van der Waals surface area (Å²) in [6, 6.07) is 0.674. The van der Waals surface area contributed by atoms with Gasteiger partial charge in [0, 0.05) is 13.1 Å². The molecule has 21 heavy (non-hydrogen) atoms. The van der Waals surface area contributed by atoms with Gasteiger partial charge in [-0.25, -0.2) is 0 Å². The fourth-order valence-corrected chi connectivity index (χ4v) is 2.41. The molecule has 0 bridgehead atoms. The summed E-state index contributed by atoms with van der Waals surface area (Å²) in [7, 11) is 0. The Bertz CT molecular complexity index is 405. The zero-order valence-electron chi connectivity index (χ0n) is 12.9. The van der Waals surface area contributed by atoms with Crippen molar-refractivity contribution in [2.24, 2.45) is 0 Å². The molecule has 7 heteroatoms. The summed E-state index contributed by atoms with van der Waals surface area (Å²) in [5.41, 5.74) is 0. The Morgan fingerprint density at radius 1 is 1.43 bits per heavy atom. The van der Waals surface area contributed by atoms with Crippen molar-refractivity contribution >= 4 is 6.01 Å². The first-order valence-corrected chi connectivity index (χ1v) is 7.78. The van der Waals surface area contributed by atoms with Crippen LogP contribution in [-0.2, 0) is 4.74 Å². The molecule has 2 heterocycles. The Morgan fingerprint density at radius 2 is 2.19 bits per heavy atom. The van der Waals surface area contributed by atoms with Gasteiger partial charge in [-0.15, -0.1) is 5.10 Å². The molecule has 7 nitrogen and oxygen atoms in total. The number of ether oxygens (including phenoxy) is 1. The standard InChI is InChI=1S/C14H26N4O3/c1-3-6-15-11(2)13-16-17-14(21-13)18-7-4-12(5-8-18)20-10-9-19/h11-12,15,19H,3-10H2,1-2H3. The van der Waals surface area contributed by atoms with Gasteiger partial charge in [-0.05, 0) is 32.7 Å². The van der Waals surface area contributed by atoms with Gasteiger partial charge in [0.2, 0.25) is 5.89 Å². The predicted octanol–water partition coefficient (Wildman–Crippen LogP) is 1.11. The molecule has 1 aliphatic rings. The molecule has 1 aromatic rings. The van der Waals surface area contributed by atoms with Crippen LogP contribution in [0.25, 0.3) is 0 Å². The van der Waals surface area contributed by atoms with Crippen molar-refractivity contribution in [3.63, 3.8) is 0 Å². The number of rotatable bonds is 8. The Balaban J connectivity index is 1.82. The van der Waals surface area contributed by atoms with E-state index < -0.39 is 0 Å². The normalized spacial score (nSPS) is 18.1. The third-order valence-corrected chi connectivity index (χ3v) is 3.66. The number of aromatic nitrogens is 2. The molecule has 0 aromatic carbocycles. The summed E-state index contributed by atoms with van der Waals surface area (Å²) >= 11 is 0. The van der Waals surface area contributed by atoms with Crippen LogP contribution in [0, 0.1) is 0 Å². The van der Waals surface area contributed by atoms with Crippen molar-refractivity contribution < 1.29 is 14.3 Å². The van der Waals surface area contributed by atoms with Gasteiger partial charge in [0.15, 0.2) is 0 Å². The van der Waals surface area contributed by atoms with Crippen molar-refractivity contribution in [2.45, 2.75) is 45.3 Å². The Kier molecular flexibility index (Phi) is 6.41. The molecule has 0 radical (unpaired) electrons. The third-order valence-electron chi connectivity index (χ3n) is 3.66. The molecular formula is C14H26N4O3. The largest absolute Gasteiger partial charge is 0.406 e. The SMILES string of the molecule is CCCNC(C)c1nnc(N2CCC(OCCO)CC2)o1. The van der Waals surface area contributed by atoms with E-state index in [2.05, 4.69) is 27.3 Å².